The molecular formula is C16H26ClN. The molecule has 102 valence electrons. The minimum absolute atomic E-state index is 0.205. The van der Waals surface area contributed by atoms with Gasteiger partial charge in [-0.2, -0.15) is 0 Å². The standard InChI is InChI=1S/C16H26ClN/c1-12-6-13(2)8-14(7-12)10-18-11-15(17)9-16(3,4)5/h6-8,15,18H,9-11H2,1-5H3. The highest BCUT2D eigenvalue weighted by atomic mass is 35.5. The average molecular weight is 268 g/mol. The summed E-state index contributed by atoms with van der Waals surface area (Å²) >= 11 is 6.33. The number of nitrogens with one attached hydrogen (secondary N) is 1. The fraction of sp³-hybridized carbons (Fsp3) is 0.625. The van der Waals surface area contributed by atoms with Crippen molar-refractivity contribution in [3.63, 3.8) is 0 Å². The second kappa shape index (κ2) is 6.58. The Morgan fingerprint density at radius 2 is 1.67 bits per heavy atom. The highest BCUT2D eigenvalue weighted by Gasteiger charge is 2.16. The molecule has 0 aliphatic carbocycles. The smallest absolute Gasteiger partial charge is 0.0465 e. The molecule has 1 unspecified atom stereocenters. The lowest BCUT2D eigenvalue weighted by atomic mass is 9.90. The zero-order valence-electron chi connectivity index (χ0n) is 12.3. The summed E-state index contributed by atoms with van der Waals surface area (Å²) in [6.07, 6.45) is 1.04. The molecule has 1 atom stereocenters. The maximum Gasteiger partial charge on any atom is 0.0465 e. The Morgan fingerprint density at radius 3 is 2.17 bits per heavy atom. The summed E-state index contributed by atoms with van der Waals surface area (Å²) in [7, 11) is 0. The molecule has 0 aliphatic rings. The molecule has 1 rings (SSSR count). The van der Waals surface area contributed by atoms with Gasteiger partial charge in [-0.1, -0.05) is 50.1 Å². The van der Waals surface area contributed by atoms with Crippen molar-refractivity contribution in [1.82, 2.24) is 5.32 Å². The average Bonchev–Trinajstić information content (AvgIpc) is 2.12. The van der Waals surface area contributed by atoms with Crippen molar-refractivity contribution in [3.8, 4) is 0 Å². The molecule has 1 aromatic carbocycles. The summed E-state index contributed by atoms with van der Waals surface area (Å²) < 4.78 is 0. The van der Waals surface area contributed by atoms with Crippen LogP contribution in [0.4, 0.5) is 0 Å². The Kier molecular flexibility index (Phi) is 5.68. The topological polar surface area (TPSA) is 12.0 Å². The van der Waals surface area contributed by atoms with E-state index in [2.05, 4.69) is 58.1 Å². The molecule has 0 heterocycles. The molecule has 0 saturated carbocycles. The third-order valence-electron chi connectivity index (χ3n) is 2.81. The normalized spacial score (nSPS) is 13.7. The van der Waals surface area contributed by atoms with Gasteiger partial charge in [0.25, 0.3) is 0 Å². The molecule has 0 radical (unpaired) electrons. The van der Waals surface area contributed by atoms with Crippen molar-refractivity contribution in [2.75, 3.05) is 6.54 Å². The summed E-state index contributed by atoms with van der Waals surface area (Å²) in [5.74, 6) is 0. The number of benzene rings is 1. The zero-order chi connectivity index (χ0) is 13.8. The third kappa shape index (κ3) is 6.42. The molecule has 0 spiro atoms. The molecule has 0 amide bonds. The summed E-state index contributed by atoms with van der Waals surface area (Å²) in [6, 6.07) is 6.66. The van der Waals surface area contributed by atoms with E-state index in [-0.39, 0.29) is 5.38 Å². The van der Waals surface area contributed by atoms with Gasteiger partial charge in [-0.05, 0) is 31.2 Å². The third-order valence-corrected chi connectivity index (χ3v) is 3.12. The van der Waals surface area contributed by atoms with Crippen LogP contribution in [0.2, 0.25) is 0 Å². The van der Waals surface area contributed by atoms with E-state index in [0.717, 1.165) is 19.5 Å². The fourth-order valence-corrected chi connectivity index (χ4v) is 2.85. The van der Waals surface area contributed by atoms with Gasteiger partial charge in [-0.15, -0.1) is 11.6 Å². The van der Waals surface area contributed by atoms with Gasteiger partial charge in [0.15, 0.2) is 0 Å². The summed E-state index contributed by atoms with van der Waals surface area (Å²) in [6.45, 7) is 12.7. The first-order valence-corrected chi connectivity index (χ1v) is 7.12. The lowest BCUT2D eigenvalue weighted by Crippen LogP contribution is -2.26. The monoisotopic (exact) mass is 267 g/mol. The van der Waals surface area contributed by atoms with Crippen LogP contribution in [-0.2, 0) is 6.54 Å². The molecule has 18 heavy (non-hydrogen) atoms. The molecule has 0 saturated heterocycles. The number of rotatable bonds is 5. The SMILES string of the molecule is Cc1cc(C)cc(CNCC(Cl)CC(C)(C)C)c1. The van der Waals surface area contributed by atoms with E-state index in [1.807, 2.05) is 0 Å². The van der Waals surface area contributed by atoms with E-state index in [4.69, 9.17) is 11.6 Å². The lowest BCUT2D eigenvalue weighted by molar-refractivity contribution is 0.364. The second-order valence-corrected chi connectivity index (χ2v) is 7.11. The van der Waals surface area contributed by atoms with E-state index in [1.54, 1.807) is 0 Å². The van der Waals surface area contributed by atoms with Crippen molar-refractivity contribution in [1.29, 1.82) is 0 Å². The van der Waals surface area contributed by atoms with Gasteiger partial charge in [0.05, 0.1) is 0 Å². The molecule has 1 nitrogen and oxygen atoms in total. The van der Waals surface area contributed by atoms with Gasteiger partial charge in [0.2, 0.25) is 0 Å². The van der Waals surface area contributed by atoms with Crippen LogP contribution in [0.25, 0.3) is 0 Å². The number of hydrogen-bond acceptors (Lipinski definition) is 1. The minimum Gasteiger partial charge on any atom is -0.311 e. The van der Waals surface area contributed by atoms with Crippen molar-refractivity contribution in [3.05, 3.63) is 34.9 Å². The van der Waals surface area contributed by atoms with E-state index < -0.39 is 0 Å². The van der Waals surface area contributed by atoms with Gasteiger partial charge in [0, 0.05) is 18.5 Å². The first-order valence-electron chi connectivity index (χ1n) is 6.68. The van der Waals surface area contributed by atoms with Gasteiger partial charge in [-0.3, -0.25) is 0 Å². The van der Waals surface area contributed by atoms with E-state index in [0.29, 0.717) is 5.41 Å². The van der Waals surface area contributed by atoms with E-state index in [9.17, 15) is 0 Å². The number of aryl methyl sites for hydroxylation is 2. The van der Waals surface area contributed by atoms with Crippen LogP contribution in [0, 0.1) is 19.3 Å². The van der Waals surface area contributed by atoms with Crippen LogP contribution in [-0.4, -0.2) is 11.9 Å². The van der Waals surface area contributed by atoms with Crippen molar-refractivity contribution < 1.29 is 0 Å². The summed E-state index contributed by atoms with van der Waals surface area (Å²) in [5, 5.41) is 3.65. The van der Waals surface area contributed by atoms with Crippen LogP contribution < -0.4 is 5.32 Å². The molecule has 0 aliphatic heterocycles. The van der Waals surface area contributed by atoms with Gasteiger partial charge in [0.1, 0.15) is 0 Å². The van der Waals surface area contributed by atoms with Crippen LogP contribution >= 0.6 is 11.6 Å². The molecular weight excluding hydrogens is 242 g/mol. The first kappa shape index (κ1) is 15.5. The second-order valence-electron chi connectivity index (χ2n) is 6.49. The molecule has 1 aromatic rings. The zero-order valence-corrected chi connectivity index (χ0v) is 13.1. The Balaban J connectivity index is 2.37. The number of hydrogen-bond donors (Lipinski definition) is 1. The quantitative estimate of drug-likeness (QED) is 0.778. The largest absolute Gasteiger partial charge is 0.311 e. The fourth-order valence-electron chi connectivity index (χ4n) is 2.28. The predicted octanol–water partition coefficient (Wildman–Crippen LogP) is 4.44. The van der Waals surface area contributed by atoms with Crippen LogP contribution in [0.1, 0.15) is 43.9 Å². The minimum atomic E-state index is 0.205. The highest BCUT2D eigenvalue weighted by Crippen LogP contribution is 2.23. The van der Waals surface area contributed by atoms with Gasteiger partial charge >= 0.3 is 0 Å². The maximum atomic E-state index is 6.33. The Hall–Kier alpha value is -0.530. The molecule has 0 fully saturated rings. The lowest BCUT2D eigenvalue weighted by Gasteiger charge is -2.22. The highest BCUT2D eigenvalue weighted by molar-refractivity contribution is 6.20. The van der Waals surface area contributed by atoms with Crippen molar-refractivity contribution in [2.24, 2.45) is 5.41 Å². The van der Waals surface area contributed by atoms with Crippen LogP contribution in [0.5, 0.6) is 0 Å². The Morgan fingerprint density at radius 1 is 1.11 bits per heavy atom. The molecule has 1 N–H and O–H groups in total. The summed E-state index contributed by atoms with van der Waals surface area (Å²) in [4.78, 5) is 0. The van der Waals surface area contributed by atoms with E-state index >= 15 is 0 Å². The Bertz CT molecular complexity index is 359. The predicted molar refractivity (Wildman–Crippen MR) is 81.3 cm³/mol. The Labute approximate surface area is 117 Å². The van der Waals surface area contributed by atoms with Crippen LogP contribution in [0.3, 0.4) is 0 Å². The molecule has 0 aromatic heterocycles. The first-order chi connectivity index (χ1) is 8.26. The number of halogens is 1. The summed E-state index contributed by atoms with van der Waals surface area (Å²) in [5.41, 5.74) is 4.29. The van der Waals surface area contributed by atoms with Crippen LogP contribution in [0.15, 0.2) is 18.2 Å². The molecule has 0 bridgehead atoms. The molecule has 2 heteroatoms. The van der Waals surface area contributed by atoms with Gasteiger partial charge < -0.3 is 5.32 Å². The van der Waals surface area contributed by atoms with Crippen molar-refractivity contribution >= 4 is 11.6 Å². The van der Waals surface area contributed by atoms with E-state index in [1.165, 1.54) is 16.7 Å². The number of alkyl halides is 1. The maximum absolute atomic E-state index is 6.33. The van der Waals surface area contributed by atoms with Crippen molar-refractivity contribution in [2.45, 2.75) is 53.0 Å². The van der Waals surface area contributed by atoms with Gasteiger partial charge in [-0.25, -0.2) is 0 Å².